The minimum absolute atomic E-state index is 0.116. The summed E-state index contributed by atoms with van der Waals surface area (Å²) in [6.07, 6.45) is 2.84. The molecule has 1 saturated heterocycles. The third-order valence-electron chi connectivity index (χ3n) is 4.30. The van der Waals surface area contributed by atoms with E-state index in [4.69, 9.17) is 5.73 Å². The topological polar surface area (TPSA) is 46.3 Å². The molecule has 3 nitrogen and oxygen atoms in total. The summed E-state index contributed by atoms with van der Waals surface area (Å²) in [4.78, 5) is 14.2. The van der Waals surface area contributed by atoms with E-state index >= 15 is 0 Å². The van der Waals surface area contributed by atoms with Crippen LogP contribution in [0.3, 0.4) is 0 Å². The Labute approximate surface area is 115 Å². The van der Waals surface area contributed by atoms with Crippen LogP contribution >= 0.6 is 0 Å². The van der Waals surface area contributed by atoms with Crippen LogP contribution in [-0.2, 0) is 11.2 Å². The molecule has 1 fully saturated rings. The third-order valence-corrected chi connectivity index (χ3v) is 4.30. The zero-order valence-corrected chi connectivity index (χ0v) is 11.9. The van der Waals surface area contributed by atoms with Crippen molar-refractivity contribution in [2.45, 2.75) is 45.2 Å². The highest BCUT2D eigenvalue weighted by Crippen LogP contribution is 2.28. The van der Waals surface area contributed by atoms with Crippen molar-refractivity contribution in [3.63, 3.8) is 0 Å². The quantitative estimate of drug-likeness (QED) is 0.902. The number of nitrogens with two attached hydrogens (primary N) is 1. The number of benzene rings is 1. The van der Waals surface area contributed by atoms with Gasteiger partial charge in [0.25, 0.3) is 0 Å². The number of carbonyl (C=O) groups is 1. The van der Waals surface area contributed by atoms with E-state index in [2.05, 4.69) is 31.2 Å². The van der Waals surface area contributed by atoms with Crippen molar-refractivity contribution in [2.75, 3.05) is 6.54 Å². The van der Waals surface area contributed by atoms with Gasteiger partial charge in [-0.15, -0.1) is 0 Å². The smallest absolute Gasteiger partial charge is 0.239 e. The summed E-state index contributed by atoms with van der Waals surface area (Å²) in [7, 11) is 0. The van der Waals surface area contributed by atoms with E-state index in [0.29, 0.717) is 18.4 Å². The number of nitrogens with zero attached hydrogens (tertiary/aromatic N) is 1. The van der Waals surface area contributed by atoms with Gasteiger partial charge in [-0.2, -0.15) is 0 Å². The molecule has 19 heavy (non-hydrogen) atoms. The largest absolute Gasteiger partial charge is 0.338 e. The van der Waals surface area contributed by atoms with Crippen LogP contribution in [0.15, 0.2) is 30.3 Å². The Kier molecular flexibility index (Phi) is 4.59. The van der Waals surface area contributed by atoms with Gasteiger partial charge in [0.2, 0.25) is 5.91 Å². The van der Waals surface area contributed by atoms with Gasteiger partial charge >= 0.3 is 0 Å². The molecule has 0 unspecified atom stereocenters. The molecule has 0 spiro atoms. The van der Waals surface area contributed by atoms with E-state index in [9.17, 15) is 4.79 Å². The molecular formula is C16H24N2O. The Morgan fingerprint density at radius 3 is 2.74 bits per heavy atom. The van der Waals surface area contributed by atoms with Gasteiger partial charge in [-0.25, -0.2) is 0 Å². The van der Waals surface area contributed by atoms with Gasteiger partial charge in [-0.3, -0.25) is 4.79 Å². The van der Waals surface area contributed by atoms with Crippen LogP contribution in [0.4, 0.5) is 0 Å². The highest BCUT2D eigenvalue weighted by molar-refractivity contribution is 5.82. The first-order valence-corrected chi connectivity index (χ1v) is 7.23. The average molecular weight is 260 g/mol. The average Bonchev–Trinajstić information content (AvgIpc) is 2.80. The summed E-state index contributed by atoms with van der Waals surface area (Å²) < 4.78 is 0. The monoisotopic (exact) mass is 260 g/mol. The molecular weight excluding hydrogens is 236 g/mol. The standard InChI is InChI=1S/C16H24N2O/c1-3-15(17)16(19)18-10-9-14(12(18)2)11-13-7-5-4-6-8-13/h4-8,12,14-15H,3,9-11,17H2,1-2H3/t12-,14+,15+/m1/s1. The lowest BCUT2D eigenvalue weighted by Gasteiger charge is -2.27. The number of amides is 1. The first kappa shape index (κ1) is 14.1. The zero-order valence-electron chi connectivity index (χ0n) is 11.9. The number of hydrogen-bond acceptors (Lipinski definition) is 2. The minimum atomic E-state index is -0.335. The van der Waals surface area contributed by atoms with Crippen molar-refractivity contribution in [2.24, 2.45) is 11.7 Å². The highest BCUT2D eigenvalue weighted by Gasteiger charge is 2.35. The Morgan fingerprint density at radius 1 is 1.42 bits per heavy atom. The van der Waals surface area contributed by atoms with E-state index in [1.807, 2.05) is 17.9 Å². The molecule has 0 aliphatic carbocycles. The maximum atomic E-state index is 12.2. The van der Waals surface area contributed by atoms with Crippen LogP contribution in [0.5, 0.6) is 0 Å². The SMILES string of the molecule is CC[C@H](N)C(=O)N1CC[C@@H](Cc2ccccc2)[C@H]1C. The zero-order chi connectivity index (χ0) is 13.8. The van der Waals surface area contributed by atoms with Crippen molar-refractivity contribution in [1.29, 1.82) is 0 Å². The van der Waals surface area contributed by atoms with Gasteiger partial charge in [0, 0.05) is 12.6 Å². The van der Waals surface area contributed by atoms with Crippen LogP contribution in [0.25, 0.3) is 0 Å². The molecule has 1 heterocycles. The lowest BCUT2D eigenvalue weighted by molar-refractivity contribution is -0.133. The molecule has 1 amide bonds. The Morgan fingerprint density at radius 2 is 2.11 bits per heavy atom. The number of hydrogen-bond donors (Lipinski definition) is 1. The van der Waals surface area contributed by atoms with E-state index < -0.39 is 0 Å². The molecule has 1 aliphatic heterocycles. The molecule has 0 aromatic heterocycles. The lowest BCUT2D eigenvalue weighted by atomic mass is 9.93. The molecule has 1 aliphatic rings. The Hall–Kier alpha value is -1.35. The van der Waals surface area contributed by atoms with E-state index in [1.54, 1.807) is 0 Å². The predicted molar refractivity (Wildman–Crippen MR) is 77.7 cm³/mol. The van der Waals surface area contributed by atoms with Gasteiger partial charge in [0.1, 0.15) is 0 Å². The summed E-state index contributed by atoms with van der Waals surface area (Å²) in [5, 5.41) is 0. The van der Waals surface area contributed by atoms with Crippen molar-refractivity contribution in [3.8, 4) is 0 Å². The fourth-order valence-corrected chi connectivity index (χ4v) is 2.89. The van der Waals surface area contributed by atoms with E-state index in [0.717, 1.165) is 19.4 Å². The van der Waals surface area contributed by atoms with Gasteiger partial charge in [0.15, 0.2) is 0 Å². The molecule has 1 aromatic carbocycles. The lowest BCUT2D eigenvalue weighted by Crippen LogP contribution is -2.45. The number of carbonyl (C=O) groups excluding carboxylic acids is 1. The van der Waals surface area contributed by atoms with E-state index in [1.165, 1.54) is 5.56 Å². The maximum absolute atomic E-state index is 12.2. The second-order valence-corrected chi connectivity index (χ2v) is 5.53. The molecule has 3 atom stereocenters. The highest BCUT2D eigenvalue weighted by atomic mass is 16.2. The minimum Gasteiger partial charge on any atom is -0.338 e. The maximum Gasteiger partial charge on any atom is 0.239 e. The fraction of sp³-hybridized carbons (Fsp3) is 0.562. The fourth-order valence-electron chi connectivity index (χ4n) is 2.89. The molecule has 104 valence electrons. The molecule has 0 saturated carbocycles. The van der Waals surface area contributed by atoms with E-state index in [-0.39, 0.29) is 11.9 Å². The van der Waals surface area contributed by atoms with Crippen LogP contribution in [0, 0.1) is 5.92 Å². The molecule has 0 bridgehead atoms. The first-order valence-electron chi connectivity index (χ1n) is 7.23. The molecule has 0 radical (unpaired) electrons. The van der Waals surface area contributed by atoms with Crippen LogP contribution in [0.1, 0.15) is 32.3 Å². The molecule has 2 N–H and O–H groups in total. The van der Waals surface area contributed by atoms with Crippen molar-refractivity contribution < 1.29 is 4.79 Å². The van der Waals surface area contributed by atoms with Gasteiger partial charge < -0.3 is 10.6 Å². The third kappa shape index (κ3) is 3.16. The van der Waals surface area contributed by atoms with Crippen LogP contribution < -0.4 is 5.73 Å². The normalized spacial score (nSPS) is 24.5. The van der Waals surface area contributed by atoms with Gasteiger partial charge in [-0.1, -0.05) is 37.3 Å². The summed E-state index contributed by atoms with van der Waals surface area (Å²) in [6, 6.07) is 10.5. The summed E-state index contributed by atoms with van der Waals surface area (Å²) in [5.41, 5.74) is 7.22. The van der Waals surface area contributed by atoms with Gasteiger partial charge in [-0.05, 0) is 37.7 Å². The van der Waals surface area contributed by atoms with Gasteiger partial charge in [0.05, 0.1) is 6.04 Å². The first-order chi connectivity index (χ1) is 9.13. The Bertz CT molecular complexity index is 418. The summed E-state index contributed by atoms with van der Waals surface area (Å²) >= 11 is 0. The molecule has 3 heteroatoms. The summed E-state index contributed by atoms with van der Waals surface area (Å²) in [6.45, 7) is 4.97. The van der Waals surface area contributed by atoms with Crippen molar-refractivity contribution in [3.05, 3.63) is 35.9 Å². The molecule has 1 aromatic rings. The second kappa shape index (κ2) is 6.20. The summed E-state index contributed by atoms with van der Waals surface area (Å²) in [5.74, 6) is 0.668. The van der Waals surface area contributed by atoms with Crippen molar-refractivity contribution in [1.82, 2.24) is 4.90 Å². The number of likely N-dealkylation sites (tertiary alicyclic amines) is 1. The van der Waals surface area contributed by atoms with Crippen LogP contribution in [-0.4, -0.2) is 29.4 Å². The second-order valence-electron chi connectivity index (χ2n) is 5.53. The van der Waals surface area contributed by atoms with Crippen LogP contribution in [0.2, 0.25) is 0 Å². The predicted octanol–water partition coefficient (Wildman–Crippen LogP) is 2.20. The number of rotatable bonds is 4. The molecule has 2 rings (SSSR count). The Balaban J connectivity index is 1.98. The van der Waals surface area contributed by atoms with Crippen molar-refractivity contribution >= 4 is 5.91 Å².